The maximum atomic E-state index is 12.0. The number of hydrogen-bond donors (Lipinski definition) is 3. The third kappa shape index (κ3) is 5.01. The SMILES string of the molecule is CCCC[C@H](N)C(=O)Nc1ccccc1CC(=O)NC. The highest BCUT2D eigenvalue weighted by Gasteiger charge is 2.15. The van der Waals surface area contributed by atoms with E-state index >= 15 is 0 Å². The fourth-order valence-electron chi connectivity index (χ4n) is 1.84. The van der Waals surface area contributed by atoms with Crippen molar-refractivity contribution in [1.82, 2.24) is 5.32 Å². The highest BCUT2D eigenvalue weighted by molar-refractivity contribution is 5.96. The molecule has 0 aromatic heterocycles. The van der Waals surface area contributed by atoms with Gasteiger partial charge in [0.05, 0.1) is 12.5 Å². The molecule has 5 nitrogen and oxygen atoms in total. The van der Waals surface area contributed by atoms with Crippen LogP contribution in [0.2, 0.25) is 0 Å². The second kappa shape index (κ2) is 8.32. The van der Waals surface area contributed by atoms with Gasteiger partial charge in [-0.1, -0.05) is 38.0 Å². The number of benzene rings is 1. The Hall–Kier alpha value is -1.88. The summed E-state index contributed by atoms with van der Waals surface area (Å²) in [5, 5.41) is 5.37. The van der Waals surface area contributed by atoms with Crippen molar-refractivity contribution in [3.05, 3.63) is 29.8 Å². The first-order valence-electron chi connectivity index (χ1n) is 6.93. The van der Waals surface area contributed by atoms with Crippen LogP contribution < -0.4 is 16.4 Å². The molecule has 0 saturated carbocycles. The molecule has 2 amide bonds. The first-order valence-corrected chi connectivity index (χ1v) is 6.93. The number of rotatable bonds is 7. The second-order valence-corrected chi connectivity index (χ2v) is 4.75. The average molecular weight is 277 g/mol. The van der Waals surface area contributed by atoms with Crippen molar-refractivity contribution in [2.75, 3.05) is 12.4 Å². The summed E-state index contributed by atoms with van der Waals surface area (Å²) in [6.07, 6.45) is 2.83. The Kier molecular flexibility index (Phi) is 6.73. The van der Waals surface area contributed by atoms with E-state index in [0.717, 1.165) is 18.4 Å². The van der Waals surface area contributed by atoms with Gasteiger partial charge in [0.2, 0.25) is 11.8 Å². The van der Waals surface area contributed by atoms with E-state index in [1.807, 2.05) is 18.2 Å². The minimum atomic E-state index is -0.511. The van der Waals surface area contributed by atoms with Crippen LogP contribution in [0.15, 0.2) is 24.3 Å². The minimum Gasteiger partial charge on any atom is -0.359 e. The van der Waals surface area contributed by atoms with Crippen LogP contribution in [-0.4, -0.2) is 24.9 Å². The van der Waals surface area contributed by atoms with Crippen LogP contribution in [0.4, 0.5) is 5.69 Å². The molecule has 0 fully saturated rings. The van der Waals surface area contributed by atoms with E-state index in [0.29, 0.717) is 12.1 Å². The fourth-order valence-corrected chi connectivity index (χ4v) is 1.84. The quantitative estimate of drug-likeness (QED) is 0.705. The summed E-state index contributed by atoms with van der Waals surface area (Å²) in [6, 6.07) is 6.75. The van der Waals surface area contributed by atoms with E-state index < -0.39 is 6.04 Å². The van der Waals surface area contributed by atoms with Crippen LogP contribution in [0.5, 0.6) is 0 Å². The molecule has 20 heavy (non-hydrogen) atoms. The molecule has 4 N–H and O–H groups in total. The number of carbonyl (C=O) groups is 2. The topological polar surface area (TPSA) is 84.2 Å². The van der Waals surface area contributed by atoms with Gasteiger partial charge in [0, 0.05) is 12.7 Å². The van der Waals surface area contributed by atoms with Crippen molar-refractivity contribution in [2.24, 2.45) is 5.73 Å². The van der Waals surface area contributed by atoms with Crippen LogP contribution in [0, 0.1) is 0 Å². The zero-order valence-corrected chi connectivity index (χ0v) is 12.1. The zero-order chi connectivity index (χ0) is 15.0. The second-order valence-electron chi connectivity index (χ2n) is 4.75. The van der Waals surface area contributed by atoms with Gasteiger partial charge in [-0.15, -0.1) is 0 Å². The smallest absolute Gasteiger partial charge is 0.241 e. The number of carbonyl (C=O) groups excluding carboxylic acids is 2. The number of unbranched alkanes of at least 4 members (excludes halogenated alkanes) is 1. The Morgan fingerprint density at radius 3 is 2.65 bits per heavy atom. The third-order valence-electron chi connectivity index (χ3n) is 3.11. The molecule has 5 heteroatoms. The highest BCUT2D eigenvalue weighted by atomic mass is 16.2. The predicted octanol–water partition coefficient (Wildman–Crippen LogP) is 1.43. The molecule has 0 bridgehead atoms. The lowest BCUT2D eigenvalue weighted by Gasteiger charge is -2.14. The molecule has 0 heterocycles. The van der Waals surface area contributed by atoms with Crippen molar-refractivity contribution in [1.29, 1.82) is 0 Å². The Balaban J connectivity index is 2.71. The van der Waals surface area contributed by atoms with Crippen LogP contribution in [0.3, 0.4) is 0 Å². The number of nitrogens with one attached hydrogen (secondary N) is 2. The number of amides is 2. The van der Waals surface area contributed by atoms with Crippen molar-refractivity contribution >= 4 is 17.5 Å². The molecular formula is C15H23N3O2. The third-order valence-corrected chi connectivity index (χ3v) is 3.11. The molecule has 1 atom stereocenters. The highest BCUT2D eigenvalue weighted by Crippen LogP contribution is 2.16. The molecule has 0 spiro atoms. The van der Waals surface area contributed by atoms with Crippen molar-refractivity contribution in [2.45, 2.75) is 38.6 Å². The summed E-state index contributed by atoms with van der Waals surface area (Å²) in [4.78, 5) is 23.4. The summed E-state index contributed by atoms with van der Waals surface area (Å²) in [5.74, 6) is -0.301. The first kappa shape index (κ1) is 16.2. The molecule has 0 aliphatic rings. The molecule has 0 aliphatic carbocycles. The Morgan fingerprint density at radius 1 is 1.30 bits per heavy atom. The minimum absolute atomic E-state index is 0.0954. The van der Waals surface area contributed by atoms with Gasteiger partial charge < -0.3 is 16.4 Å². The molecule has 0 aliphatic heterocycles. The molecule has 110 valence electrons. The van der Waals surface area contributed by atoms with E-state index in [1.54, 1.807) is 13.1 Å². The van der Waals surface area contributed by atoms with Gasteiger partial charge in [0.25, 0.3) is 0 Å². The van der Waals surface area contributed by atoms with Gasteiger partial charge in [-0.05, 0) is 18.1 Å². The number of likely N-dealkylation sites (N-methyl/N-ethyl adjacent to an activating group) is 1. The van der Waals surface area contributed by atoms with Gasteiger partial charge in [-0.2, -0.15) is 0 Å². The molecule has 1 aromatic carbocycles. The molecule has 1 aromatic rings. The number of nitrogens with two attached hydrogens (primary N) is 1. The normalized spacial score (nSPS) is 11.8. The maximum Gasteiger partial charge on any atom is 0.241 e. The fraction of sp³-hybridized carbons (Fsp3) is 0.467. The summed E-state index contributed by atoms with van der Waals surface area (Å²) in [5.41, 5.74) is 7.26. The molecular weight excluding hydrogens is 254 g/mol. The molecule has 0 saturated heterocycles. The Morgan fingerprint density at radius 2 is 2.00 bits per heavy atom. The van der Waals surface area contributed by atoms with Crippen LogP contribution in [-0.2, 0) is 16.0 Å². The van der Waals surface area contributed by atoms with E-state index in [1.165, 1.54) is 0 Å². The largest absolute Gasteiger partial charge is 0.359 e. The number of anilines is 1. The summed E-state index contributed by atoms with van der Waals surface area (Å²) in [7, 11) is 1.59. The van der Waals surface area contributed by atoms with Gasteiger partial charge >= 0.3 is 0 Å². The average Bonchev–Trinajstić information content (AvgIpc) is 2.46. The van der Waals surface area contributed by atoms with Crippen LogP contribution >= 0.6 is 0 Å². The lowest BCUT2D eigenvalue weighted by atomic mass is 10.1. The summed E-state index contributed by atoms with van der Waals surface area (Å²) in [6.45, 7) is 2.06. The van der Waals surface area contributed by atoms with E-state index in [2.05, 4.69) is 17.6 Å². The Labute approximate surface area is 119 Å². The lowest BCUT2D eigenvalue weighted by molar-refractivity contribution is -0.120. The van der Waals surface area contributed by atoms with Crippen LogP contribution in [0.25, 0.3) is 0 Å². The van der Waals surface area contributed by atoms with Crippen molar-refractivity contribution in [3.8, 4) is 0 Å². The molecule has 0 radical (unpaired) electrons. The van der Waals surface area contributed by atoms with Gasteiger partial charge in [-0.25, -0.2) is 0 Å². The molecule has 0 unspecified atom stereocenters. The van der Waals surface area contributed by atoms with Crippen LogP contribution in [0.1, 0.15) is 31.7 Å². The monoisotopic (exact) mass is 277 g/mol. The van der Waals surface area contributed by atoms with E-state index in [-0.39, 0.29) is 18.2 Å². The summed E-state index contributed by atoms with van der Waals surface area (Å²) >= 11 is 0. The van der Waals surface area contributed by atoms with E-state index in [4.69, 9.17) is 5.73 Å². The van der Waals surface area contributed by atoms with Crippen molar-refractivity contribution in [3.63, 3.8) is 0 Å². The van der Waals surface area contributed by atoms with Gasteiger partial charge in [0.1, 0.15) is 0 Å². The lowest BCUT2D eigenvalue weighted by Crippen LogP contribution is -2.35. The zero-order valence-electron chi connectivity index (χ0n) is 12.1. The number of para-hydroxylation sites is 1. The Bertz CT molecular complexity index is 460. The standard InChI is InChI=1S/C15H23N3O2/c1-3-4-8-12(16)15(20)18-13-9-6-5-7-11(13)10-14(19)17-2/h5-7,9,12H,3-4,8,10,16H2,1-2H3,(H,17,19)(H,18,20)/t12-/m0/s1. The predicted molar refractivity (Wildman–Crippen MR) is 80.3 cm³/mol. The first-order chi connectivity index (χ1) is 9.58. The van der Waals surface area contributed by atoms with E-state index in [9.17, 15) is 9.59 Å². The maximum absolute atomic E-state index is 12.0. The number of hydrogen-bond acceptors (Lipinski definition) is 3. The van der Waals surface area contributed by atoms with Crippen molar-refractivity contribution < 1.29 is 9.59 Å². The van der Waals surface area contributed by atoms with Gasteiger partial charge in [-0.3, -0.25) is 9.59 Å². The summed E-state index contributed by atoms with van der Waals surface area (Å²) < 4.78 is 0. The molecule has 1 rings (SSSR count). The van der Waals surface area contributed by atoms with Gasteiger partial charge in [0.15, 0.2) is 0 Å².